The van der Waals surface area contributed by atoms with Gasteiger partial charge in [0.1, 0.15) is 5.76 Å². The van der Waals surface area contributed by atoms with Gasteiger partial charge in [0.15, 0.2) is 0 Å². The standard InChI is InChI=1S/C18H17F3N2O3/c19-18(20,21)13-3-5-16(23-7-10-25-11-8-23)15(12-13)22-17(24)6-4-14-2-1-9-26-14/h1-6,9,12H,7-8,10-11H2,(H,22,24)/b6-4+. The molecule has 8 heteroatoms. The van der Waals surface area contributed by atoms with E-state index in [4.69, 9.17) is 9.15 Å². The minimum absolute atomic E-state index is 0.107. The van der Waals surface area contributed by atoms with E-state index in [9.17, 15) is 18.0 Å². The zero-order chi connectivity index (χ0) is 18.6. The Bertz CT molecular complexity index is 779. The first kappa shape index (κ1) is 18.1. The third-order valence-electron chi connectivity index (χ3n) is 3.88. The maximum atomic E-state index is 13.0. The molecule has 2 aromatic rings. The predicted molar refractivity (Wildman–Crippen MR) is 90.8 cm³/mol. The lowest BCUT2D eigenvalue weighted by Gasteiger charge is -2.30. The molecule has 26 heavy (non-hydrogen) atoms. The van der Waals surface area contributed by atoms with Gasteiger partial charge in [-0.25, -0.2) is 0 Å². The number of hydrogen-bond acceptors (Lipinski definition) is 4. The van der Waals surface area contributed by atoms with E-state index in [1.165, 1.54) is 24.5 Å². The van der Waals surface area contributed by atoms with Gasteiger partial charge >= 0.3 is 6.18 Å². The van der Waals surface area contributed by atoms with Gasteiger partial charge in [0.25, 0.3) is 0 Å². The summed E-state index contributed by atoms with van der Waals surface area (Å²) in [6.45, 7) is 2.03. The number of alkyl halides is 3. The number of furan rings is 1. The van der Waals surface area contributed by atoms with Crippen LogP contribution in [0.2, 0.25) is 0 Å². The number of nitrogens with zero attached hydrogens (tertiary/aromatic N) is 1. The normalized spacial score (nSPS) is 15.4. The fourth-order valence-electron chi connectivity index (χ4n) is 2.61. The van der Waals surface area contributed by atoms with Crippen LogP contribution < -0.4 is 10.2 Å². The van der Waals surface area contributed by atoms with Crippen molar-refractivity contribution in [3.63, 3.8) is 0 Å². The van der Waals surface area contributed by atoms with E-state index in [1.54, 1.807) is 12.1 Å². The second kappa shape index (κ2) is 7.65. The Labute approximate surface area is 148 Å². The fourth-order valence-corrected chi connectivity index (χ4v) is 2.61. The van der Waals surface area contributed by atoms with Crippen molar-refractivity contribution < 1.29 is 27.1 Å². The van der Waals surface area contributed by atoms with Gasteiger partial charge in [-0.2, -0.15) is 13.2 Å². The zero-order valence-corrected chi connectivity index (χ0v) is 13.8. The van der Waals surface area contributed by atoms with E-state index >= 15 is 0 Å². The van der Waals surface area contributed by atoms with Crippen LogP contribution in [0.5, 0.6) is 0 Å². The Morgan fingerprint density at radius 2 is 1.96 bits per heavy atom. The average Bonchev–Trinajstić information content (AvgIpc) is 3.13. The van der Waals surface area contributed by atoms with Gasteiger partial charge in [0.2, 0.25) is 5.91 Å². The zero-order valence-electron chi connectivity index (χ0n) is 13.8. The SMILES string of the molecule is O=C(/C=C/c1ccco1)Nc1cc(C(F)(F)F)ccc1N1CCOCC1. The molecule has 5 nitrogen and oxygen atoms in total. The molecule has 0 spiro atoms. The highest BCUT2D eigenvalue weighted by atomic mass is 19.4. The lowest BCUT2D eigenvalue weighted by atomic mass is 10.1. The molecule has 2 heterocycles. The van der Waals surface area contributed by atoms with Crippen LogP contribution in [0.25, 0.3) is 6.08 Å². The number of amides is 1. The number of carbonyl (C=O) groups is 1. The summed E-state index contributed by atoms with van der Waals surface area (Å²) in [6.07, 6.45) is -0.381. The number of morpholine rings is 1. The molecule has 0 radical (unpaired) electrons. The number of ether oxygens (including phenoxy) is 1. The molecule has 3 rings (SSSR count). The van der Waals surface area contributed by atoms with Crippen LogP contribution in [-0.4, -0.2) is 32.2 Å². The van der Waals surface area contributed by atoms with Crippen molar-refractivity contribution in [2.75, 3.05) is 36.5 Å². The quantitative estimate of drug-likeness (QED) is 0.837. The number of carbonyl (C=O) groups excluding carboxylic acids is 1. The Kier molecular flexibility index (Phi) is 5.32. The Hall–Kier alpha value is -2.74. The topological polar surface area (TPSA) is 54.7 Å². The number of rotatable bonds is 4. The number of hydrogen-bond donors (Lipinski definition) is 1. The number of benzene rings is 1. The molecule has 1 N–H and O–H groups in total. The third kappa shape index (κ3) is 4.45. The smallest absolute Gasteiger partial charge is 0.416 e. The molecule has 1 amide bonds. The summed E-state index contributed by atoms with van der Waals surface area (Å²) in [7, 11) is 0. The van der Waals surface area contributed by atoms with E-state index in [2.05, 4.69) is 5.32 Å². The molecule has 0 bridgehead atoms. The predicted octanol–water partition coefficient (Wildman–Crippen LogP) is 3.79. The summed E-state index contributed by atoms with van der Waals surface area (Å²) in [5.74, 6) is -0.0761. The third-order valence-corrected chi connectivity index (χ3v) is 3.88. The van der Waals surface area contributed by atoms with Crippen molar-refractivity contribution in [2.24, 2.45) is 0 Å². The first-order chi connectivity index (χ1) is 12.4. The largest absolute Gasteiger partial charge is 0.465 e. The van der Waals surface area contributed by atoms with Crippen LogP contribution in [0.1, 0.15) is 11.3 Å². The van der Waals surface area contributed by atoms with E-state index in [-0.39, 0.29) is 5.69 Å². The maximum absolute atomic E-state index is 13.0. The van der Waals surface area contributed by atoms with Gasteiger partial charge in [-0.05, 0) is 36.4 Å². The van der Waals surface area contributed by atoms with Crippen molar-refractivity contribution in [2.45, 2.75) is 6.18 Å². The van der Waals surface area contributed by atoms with Crippen LogP contribution in [0.3, 0.4) is 0 Å². The van der Waals surface area contributed by atoms with E-state index in [0.29, 0.717) is 37.8 Å². The monoisotopic (exact) mass is 366 g/mol. The van der Waals surface area contributed by atoms with Gasteiger partial charge in [0.05, 0.1) is 36.4 Å². The Morgan fingerprint density at radius 3 is 2.62 bits per heavy atom. The van der Waals surface area contributed by atoms with E-state index in [1.807, 2.05) is 4.90 Å². The molecular formula is C18H17F3N2O3. The van der Waals surface area contributed by atoms with Crippen molar-refractivity contribution >= 4 is 23.4 Å². The maximum Gasteiger partial charge on any atom is 0.416 e. The minimum Gasteiger partial charge on any atom is -0.465 e. The number of halogens is 3. The molecule has 1 aliphatic rings. The molecule has 1 aliphatic heterocycles. The van der Waals surface area contributed by atoms with Crippen LogP contribution in [-0.2, 0) is 15.7 Å². The molecule has 1 aromatic heterocycles. The summed E-state index contributed by atoms with van der Waals surface area (Å²) in [5, 5.41) is 2.53. The molecule has 0 atom stereocenters. The average molecular weight is 366 g/mol. The molecular weight excluding hydrogens is 349 g/mol. The van der Waals surface area contributed by atoms with Crippen molar-refractivity contribution in [1.29, 1.82) is 0 Å². The van der Waals surface area contributed by atoms with Crippen molar-refractivity contribution in [3.05, 3.63) is 54.0 Å². The second-order valence-electron chi connectivity index (χ2n) is 5.67. The summed E-state index contributed by atoms with van der Waals surface area (Å²) < 4.78 is 49.5. The van der Waals surface area contributed by atoms with Crippen LogP contribution >= 0.6 is 0 Å². The fraction of sp³-hybridized carbons (Fsp3) is 0.278. The van der Waals surface area contributed by atoms with Gasteiger partial charge in [-0.15, -0.1) is 0 Å². The summed E-state index contributed by atoms with van der Waals surface area (Å²) in [6, 6.07) is 6.66. The summed E-state index contributed by atoms with van der Waals surface area (Å²) in [4.78, 5) is 14.0. The molecule has 1 saturated heterocycles. The first-order valence-electron chi connectivity index (χ1n) is 8.00. The van der Waals surface area contributed by atoms with Crippen LogP contribution in [0.15, 0.2) is 47.1 Å². The van der Waals surface area contributed by atoms with Crippen molar-refractivity contribution in [3.8, 4) is 0 Å². The Morgan fingerprint density at radius 1 is 1.19 bits per heavy atom. The molecule has 0 aliphatic carbocycles. The molecule has 1 aromatic carbocycles. The van der Waals surface area contributed by atoms with Gasteiger partial charge in [0, 0.05) is 19.2 Å². The van der Waals surface area contributed by atoms with Gasteiger partial charge in [-0.3, -0.25) is 4.79 Å². The molecule has 0 saturated carbocycles. The summed E-state index contributed by atoms with van der Waals surface area (Å²) in [5.41, 5.74) is -0.184. The highest BCUT2D eigenvalue weighted by Gasteiger charge is 2.31. The molecule has 1 fully saturated rings. The lowest BCUT2D eigenvalue weighted by Crippen LogP contribution is -2.36. The van der Waals surface area contributed by atoms with Crippen LogP contribution in [0.4, 0.5) is 24.5 Å². The summed E-state index contributed by atoms with van der Waals surface area (Å²) >= 11 is 0. The van der Waals surface area contributed by atoms with Gasteiger partial charge < -0.3 is 19.4 Å². The van der Waals surface area contributed by atoms with Gasteiger partial charge in [-0.1, -0.05) is 0 Å². The van der Waals surface area contributed by atoms with Crippen LogP contribution in [0, 0.1) is 0 Å². The van der Waals surface area contributed by atoms with Crippen molar-refractivity contribution in [1.82, 2.24) is 0 Å². The minimum atomic E-state index is -4.49. The second-order valence-corrected chi connectivity index (χ2v) is 5.67. The Balaban J connectivity index is 1.85. The molecule has 138 valence electrons. The highest BCUT2D eigenvalue weighted by Crippen LogP contribution is 2.35. The lowest BCUT2D eigenvalue weighted by molar-refractivity contribution is -0.137. The van der Waals surface area contributed by atoms with E-state index < -0.39 is 17.6 Å². The highest BCUT2D eigenvalue weighted by molar-refractivity contribution is 6.03. The molecule has 0 unspecified atom stereocenters. The van der Waals surface area contributed by atoms with E-state index in [0.717, 1.165) is 12.1 Å². The number of anilines is 2. The number of nitrogens with one attached hydrogen (secondary N) is 1. The first-order valence-corrected chi connectivity index (χ1v) is 8.00.